The minimum atomic E-state index is -0.0460. The van der Waals surface area contributed by atoms with Crippen LogP contribution in [0, 0.1) is 0 Å². The maximum Gasteiger partial charge on any atom is 0.224 e. The molecule has 1 fully saturated rings. The number of para-hydroxylation sites is 1. The van der Waals surface area contributed by atoms with Crippen LogP contribution >= 0.6 is 0 Å². The lowest BCUT2D eigenvalue weighted by atomic mass is 10.1. The molecule has 1 atom stereocenters. The number of carbonyl (C=O) groups excluding carboxylic acids is 1. The van der Waals surface area contributed by atoms with E-state index in [2.05, 4.69) is 5.32 Å². The molecule has 1 aliphatic heterocycles. The first-order valence-electron chi connectivity index (χ1n) is 6.37. The van der Waals surface area contributed by atoms with Crippen LogP contribution in [0.3, 0.4) is 0 Å². The largest absolute Gasteiger partial charge is 0.496 e. The van der Waals surface area contributed by atoms with Gasteiger partial charge in [-0.05, 0) is 6.07 Å². The summed E-state index contributed by atoms with van der Waals surface area (Å²) in [4.78, 5) is 11.9. The number of amides is 1. The molecule has 0 aliphatic carbocycles. The van der Waals surface area contributed by atoms with E-state index in [0.29, 0.717) is 32.8 Å². The Kier molecular flexibility index (Phi) is 5.18. The summed E-state index contributed by atoms with van der Waals surface area (Å²) < 4.78 is 15.9. The number of benzene rings is 1. The van der Waals surface area contributed by atoms with E-state index in [4.69, 9.17) is 14.2 Å². The fourth-order valence-corrected chi connectivity index (χ4v) is 1.97. The van der Waals surface area contributed by atoms with Gasteiger partial charge in [-0.25, -0.2) is 0 Å². The van der Waals surface area contributed by atoms with Crippen molar-refractivity contribution in [3.05, 3.63) is 29.8 Å². The van der Waals surface area contributed by atoms with Crippen molar-refractivity contribution in [1.82, 2.24) is 5.32 Å². The van der Waals surface area contributed by atoms with Gasteiger partial charge in [0, 0.05) is 12.1 Å². The second-order valence-electron chi connectivity index (χ2n) is 4.36. The molecule has 2 rings (SSSR count). The van der Waals surface area contributed by atoms with Crippen LogP contribution in [0.15, 0.2) is 24.3 Å². The van der Waals surface area contributed by atoms with E-state index in [1.165, 1.54) is 0 Å². The zero-order valence-electron chi connectivity index (χ0n) is 11.1. The highest BCUT2D eigenvalue weighted by Gasteiger charge is 2.15. The fraction of sp³-hybridized carbons (Fsp3) is 0.500. The molecule has 0 aromatic heterocycles. The monoisotopic (exact) mass is 265 g/mol. The molecule has 1 N–H and O–H groups in total. The number of hydrogen-bond acceptors (Lipinski definition) is 4. The molecular formula is C14H19NO4. The minimum Gasteiger partial charge on any atom is -0.496 e. The highest BCUT2D eigenvalue weighted by molar-refractivity contribution is 5.79. The van der Waals surface area contributed by atoms with Crippen molar-refractivity contribution in [3.63, 3.8) is 0 Å². The lowest BCUT2D eigenvalue weighted by Crippen LogP contribution is -2.40. The Morgan fingerprint density at radius 3 is 3.00 bits per heavy atom. The Morgan fingerprint density at radius 1 is 1.42 bits per heavy atom. The van der Waals surface area contributed by atoms with E-state index in [1.54, 1.807) is 7.11 Å². The van der Waals surface area contributed by atoms with Crippen LogP contribution in [0.4, 0.5) is 0 Å². The van der Waals surface area contributed by atoms with Crippen LogP contribution in [0.1, 0.15) is 5.56 Å². The van der Waals surface area contributed by atoms with Gasteiger partial charge in [-0.1, -0.05) is 18.2 Å². The van der Waals surface area contributed by atoms with Crippen molar-refractivity contribution in [2.24, 2.45) is 0 Å². The summed E-state index contributed by atoms with van der Waals surface area (Å²) in [6, 6.07) is 7.51. The summed E-state index contributed by atoms with van der Waals surface area (Å²) in [5.74, 6) is 0.688. The molecule has 0 spiro atoms. The third-order valence-electron chi connectivity index (χ3n) is 2.96. The van der Waals surface area contributed by atoms with Gasteiger partial charge in [0.2, 0.25) is 5.91 Å². The third kappa shape index (κ3) is 4.22. The SMILES string of the molecule is COc1ccccc1CC(=O)NC[C@@H]1COCCO1. The maximum atomic E-state index is 11.9. The summed E-state index contributed by atoms with van der Waals surface area (Å²) in [7, 11) is 1.60. The first kappa shape index (κ1) is 13.8. The predicted molar refractivity (Wildman–Crippen MR) is 70.3 cm³/mol. The van der Waals surface area contributed by atoms with Crippen molar-refractivity contribution < 1.29 is 19.0 Å². The molecule has 0 unspecified atom stereocenters. The predicted octanol–water partition coefficient (Wildman–Crippen LogP) is 0.769. The molecule has 1 aromatic carbocycles. The Hall–Kier alpha value is -1.59. The summed E-state index contributed by atoms with van der Waals surface area (Å²) in [6.07, 6.45) is 0.257. The maximum absolute atomic E-state index is 11.9. The highest BCUT2D eigenvalue weighted by atomic mass is 16.6. The Bertz CT molecular complexity index is 416. The number of rotatable bonds is 5. The first-order valence-corrected chi connectivity index (χ1v) is 6.37. The van der Waals surface area contributed by atoms with Crippen molar-refractivity contribution in [1.29, 1.82) is 0 Å². The summed E-state index contributed by atoms with van der Waals surface area (Å²) in [5.41, 5.74) is 0.878. The smallest absolute Gasteiger partial charge is 0.224 e. The summed E-state index contributed by atoms with van der Waals surface area (Å²) in [6.45, 7) is 2.24. The van der Waals surface area contributed by atoms with Gasteiger partial charge in [0.05, 0.1) is 39.5 Å². The van der Waals surface area contributed by atoms with Gasteiger partial charge >= 0.3 is 0 Å². The second-order valence-corrected chi connectivity index (χ2v) is 4.36. The van der Waals surface area contributed by atoms with E-state index in [1.807, 2.05) is 24.3 Å². The van der Waals surface area contributed by atoms with E-state index in [0.717, 1.165) is 11.3 Å². The molecular weight excluding hydrogens is 246 g/mol. The van der Waals surface area contributed by atoms with E-state index >= 15 is 0 Å². The molecule has 0 saturated carbocycles. The van der Waals surface area contributed by atoms with Crippen molar-refractivity contribution in [2.45, 2.75) is 12.5 Å². The molecule has 0 bridgehead atoms. The average Bonchev–Trinajstić information content (AvgIpc) is 2.47. The topological polar surface area (TPSA) is 56.8 Å². The zero-order chi connectivity index (χ0) is 13.5. The Balaban J connectivity index is 1.80. The van der Waals surface area contributed by atoms with Crippen LogP contribution in [-0.4, -0.2) is 45.5 Å². The Morgan fingerprint density at radius 2 is 2.26 bits per heavy atom. The van der Waals surface area contributed by atoms with Gasteiger partial charge in [-0.2, -0.15) is 0 Å². The molecule has 1 amide bonds. The van der Waals surface area contributed by atoms with Crippen LogP contribution in [0.25, 0.3) is 0 Å². The molecule has 0 radical (unpaired) electrons. The van der Waals surface area contributed by atoms with Crippen LogP contribution < -0.4 is 10.1 Å². The van der Waals surface area contributed by atoms with Gasteiger partial charge in [0.25, 0.3) is 0 Å². The fourth-order valence-electron chi connectivity index (χ4n) is 1.97. The normalized spacial score (nSPS) is 18.9. The molecule has 1 aromatic rings. The number of hydrogen-bond donors (Lipinski definition) is 1. The first-order chi connectivity index (χ1) is 9.29. The zero-order valence-corrected chi connectivity index (χ0v) is 11.1. The number of ether oxygens (including phenoxy) is 3. The molecule has 1 aliphatic rings. The quantitative estimate of drug-likeness (QED) is 0.854. The van der Waals surface area contributed by atoms with Crippen molar-refractivity contribution in [2.75, 3.05) is 33.5 Å². The van der Waals surface area contributed by atoms with Gasteiger partial charge in [-0.3, -0.25) is 4.79 Å². The Labute approximate surface area is 112 Å². The third-order valence-corrected chi connectivity index (χ3v) is 2.96. The van der Waals surface area contributed by atoms with Crippen molar-refractivity contribution in [3.8, 4) is 5.75 Å². The standard InChI is InChI=1S/C14H19NO4/c1-17-13-5-3-2-4-11(13)8-14(16)15-9-12-10-18-6-7-19-12/h2-5,12H,6-10H2,1H3,(H,15,16)/t12-/m1/s1. The molecule has 104 valence electrons. The van der Waals surface area contributed by atoms with Crippen molar-refractivity contribution >= 4 is 5.91 Å². The number of methoxy groups -OCH3 is 1. The molecule has 19 heavy (non-hydrogen) atoms. The lowest BCUT2D eigenvalue weighted by Gasteiger charge is -2.23. The summed E-state index contributed by atoms with van der Waals surface area (Å²) in [5, 5.41) is 2.85. The van der Waals surface area contributed by atoms with Gasteiger partial charge in [-0.15, -0.1) is 0 Å². The molecule has 1 heterocycles. The van der Waals surface area contributed by atoms with E-state index < -0.39 is 0 Å². The second kappa shape index (κ2) is 7.11. The average molecular weight is 265 g/mol. The highest BCUT2D eigenvalue weighted by Crippen LogP contribution is 2.17. The van der Waals surface area contributed by atoms with Gasteiger partial charge < -0.3 is 19.5 Å². The molecule has 5 heteroatoms. The van der Waals surface area contributed by atoms with Gasteiger partial charge in [0.15, 0.2) is 0 Å². The summed E-state index contributed by atoms with van der Waals surface area (Å²) >= 11 is 0. The molecule has 5 nitrogen and oxygen atoms in total. The number of nitrogens with one attached hydrogen (secondary N) is 1. The van der Waals surface area contributed by atoms with E-state index in [9.17, 15) is 4.79 Å². The van der Waals surface area contributed by atoms with Crippen LogP contribution in [0.2, 0.25) is 0 Å². The van der Waals surface area contributed by atoms with Crippen LogP contribution in [-0.2, 0) is 20.7 Å². The molecule has 1 saturated heterocycles. The van der Waals surface area contributed by atoms with Gasteiger partial charge in [0.1, 0.15) is 5.75 Å². The van der Waals surface area contributed by atoms with E-state index in [-0.39, 0.29) is 12.0 Å². The van der Waals surface area contributed by atoms with Crippen LogP contribution in [0.5, 0.6) is 5.75 Å². The lowest BCUT2D eigenvalue weighted by molar-refractivity contribution is -0.123. The number of carbonyl (C=O) groups is 1. The minimum absolute atomic E-state index is 0.0429.